The second kappa shape index (κ2) is 10.8. The predicted molar refractivity (Wildman–Crippen MR) is 169 cm³/mol. The van der Waals surface area contributed by atoms with Gasteiger partial charge in [0, 0.05) is 42.8 Å². The Hall–Kier alpha value is -4.70. The highest BCUT2D eigenvalue weighted by Gasteiger charge is 2.43. The van der Waals surface area contributed by atoms with Crippen LogP contribution in [0.3, 0.4) is 0 Å². The summed E-state index contributed by atoms with van der Waals surface area (Å²) in [5, 5.41) is 20.4. The minimum atomic E-state index is -0.0389. The van der Waals surface area contributed by atoms with Crippen LogP contribution < -0.4 is 9.64 Å². The fraction of sp³-hybridized carbons (Fsp3) is 0.353. The lowest BCUT2D eigenvalue weighted by Gasteiger charge is -2.42. The molecule has 0 saturated carbocycles. The first-order valence-corrected chi connectivity index (χ1v) is 15.5. The number of likely N-dealkylation sites (tertiary alicyclic amines) is 2. The fourth-order valence-corrected chi connectivity index (χ4v) is 7.37. The van der Waals surface area contributed by atoms with E-state index in [0.29, 0.717) is 37.4 Å². The van der Waals surface area contributed by atoms with E-state index < -0.39 is 0 Å². The van der Waals surface area contributed by atoms with Crippen LogP contribution in [0.5, 0.6) is 11.8 Å². The highest BCUT2D eigenvalue weighted by Crippen LogP contribution is 2.40. The first kappa shape index (κ1) is 26.9. The second-order valence-electron chi connectivity index (χ2n) is 12.3. The monoisotopic (exact) mass is 589 g/mol. The number of amides is 1. The number of benzene rings is 3. The van der Waals surface area contributed by atoms with Crippen LogP contribution in [0.25, 0.3) is 32.8 Å². The van der Waals surface area contributed by atoms with E-state index in [9.17, 15) is 9.90 Å². The van der Waals surface area contributed by atoms with Gasteiger partial charge in [-0.25, -0.2) is 0 Å². The van der Waals surface area contributed by atoms with Gasteiger partial charge in [0.25, 0.3) is 5.91 Å². The van der Waals surface area contributed by atoms with Gasteiger partial charge in [-0.2, -0.15) is 15.1 Å². The Morgan fingerprint density at radius 3 is 2.61 bits per heavy atom. The number of nitrogens with zero attached hydrogens (tertiary/aromatic N) is 6. The molecular weight excluding hydrogens is 554 g/mol. The molecule has 2 aromatic heterocycles. The largest absolute Gasteiger partial charge is 0.508 e. The van der Waals surface area contributed by atoms with Crippen molar-refractivity contribution in [1.82, 2.24) is 30.0 Å². The Balaban J connectivity index is 1.19. The molecule has 8 rings (SSSR count). The van der Waals surface area contributed by atoms with Crippen LogP contribution in [0.2, 0.25) is 0 Å². The highest BCUT2D eigenvalue weighted by atomic mass is 16.5. The zero-order valence-corrected chi connectivity index (χ0v) is 24.7. The molecule has 0 radical (unpaired) electrons. The quantitative estimate of drug-likeness (QED) is 0.289. The molecule has 3 aliphatic rings. The second-order valence-corrected chi connectivity index (χ2v) is 12.3. The number of rotatable bonds is 6. The first-order valence-electron chi connectivity index (χ1n) is 15.5. The number of hydrogen-bond donors (Lipinski definition) is 2. The number of phenolic OH excluding ortho intramolecular Hbond substituents is 1. The summed E-state index contributed by atoms with van der Waals surface area (Å²) in [6, 6.07) is 20.7. The van der Waals surface area contributed by atoms with Gasteiger partial charge in [0.1, 0.15) is 23.9 Å². The van der Waals surface area contributed by atoms with E-state index in [2.05, 4.69) is 51.3 Å². The number of anilines is 1. The molecule has 2 N–H and O–H groups in total. The molecule has 3 atom stereocenters. The minimum absolute atomic E-state index is 0.0389. The minimum Gasteiger partial charge on any atom is -0.508 e. The van der Waals surface area contributed by atoms with Gasteiger partial charge in [0.2, 0.25) is 0 Å². The number of nitrogens with one attached hydrogen (secondary N) is 1. The number of fused-ring (bicyclic) bond motifs is 4. The summed E-state index contributed by atoms with van der Waals surface area (Å²) in [6.07, 6.45) is 5.92. The number of ether oxygens (including phenoxy) is 1. The molecule has 3 fully saturated rings. The smallest absolute Gasteiger partial charge is 0.319 e. The zero-order chi connectivity index (χ0) is 29.8. The van der Waals surface area contributed by atoms with Crippen molar-refractivity contribution in [2.75, 3.05) is 38.2 Å². The summed E-state index contributed by atoms with van der Waals surface area (Å²) in [5.74, 6) is 1.05. The topological polar surface area (TPSA) is 111 Å². The van der Waals surface area contributed by atoms with Gasteiger partial charge < -0.3 is 24.5 Å². The number of hydrogen-bond acceptors (Lipinski definition) is 8. The number of H-pyrrole nitrogens is 1. The van der Waals surface area contributed by atoms with E-state index in [1.807, 2.05) is 29.2 Å². The molecule has 224 valence electrons. The maximum Gasteiger partial charge on any atom is 0.319 e. The van der Waals surface area contributed by atoms with E-state index in [-0.39, 0.29) is 23.7 Å². The van der Waals surface area contributed by atoms with Crippen LogP contribution in [-0.4, -0.2) is 92.4 Å². The number of likely N-dealkylation sites (N-methyl/N-ethyl adjacent to an activating group) is 1. The lowest BCUT2D eigenvalue weighted by Crippen LogP contribution is -2.55. The van der Waals surface area contributed by atoms with Crippen molar-refractivity contribution < 1.29 is 14.6 Å². The number of aromatic amines is 1. The van der Waals surface area contributed by atoms with Gasteiger partial charge in [-0.3, -0.25) is 9.89 Å². The molecule has 1 amide bonds. The molecule has 5 aromatic rings. The molecule has 3 saturated heterocycles. The number of phenols is 1. The molecule has 44 heavy (non-hydrogen) atoms. The highest BCUT2D eigenvalue weighted by molar-refractivity contribution is 6.01. The number of aromatic nitrogens is 4. The normalized spacial score (nSPS) is 21.9. The molecule has 0 unspecified atom stereocenters. The van der Waals surface area contributed by atoms with Gasteiger partial charge in [-0.05, 0) is 91.5 Å². The Morgan fingerprint density at radius 1 is 1.00 bits per heavy atom. The summed E-state index contributed by atoms with van der Waals surface area (Å²) >= 11 is 0. The first-order chi connectivity index (χ1) is 21.5. The summed E-state index contributed by atoms with van der Waals surface area (Å²) in [6.45, 7) is 2.84. The summed E-state index contributed by atoms with van der Waals surface area (Å²) < 4.78 is 6.33. The van der Waals surface area contributed by atoms with Crippen molar-refractivity contribution >= 4 is 33.4 Å². The third-order valence-corrected chi connectivity index (χ3v) is 9.62. The number of carbonyl (C=O) groups is 1. The van der Waals surface area contributed by atoms with Crippen LogP contribution >= 0.6 is 0 Å². The van der Waals surface area contributed by atoms with E-state index >= 15 is 0 Å². The maximum atomic E-state index is 13.2. The molecule has 2 bridgehead atoms. The van der Waals surface area contributed by atoms with Gasteiger partial charge in [-0.15, -0.1) is 0 Å². The molecule has 3 aromatic carbocycles. The van der Waals surface area contributed by atoms with Gasteiger partial charge in [-0.1, -0.05) is 30.3 Å². The SMILES string of the molecule is CN1CCC[C@H]1COc1nc(N2[C@@H]3CC[C@H]2CN(C(=O)c2cc[nH]n2)C3)c2ccc(-c3cc(O)cc4ccccc34)cc2n1. The molecule has 0 aliphatic carbocycles. The summed E-state index contributed by atoms with van der Waals surface area (Å²) in [4.78, 5) is 29.8. The van der Waals surface area contributed by atoms with Crippen molar-refractivity contribution in [3.05, 3.63) is 72.6 Å². The van der Waals surface area contributed by atoms with Gasteiger partial charge in [0.05, 0.1) is 5.52 Å². The van der Waals surface area contributed by atoms with Crippen LogP contribution in [0, 0.1) is 0 Å². The third kappa shape index (κ3) is 4.70. The van der Waals surface area contributed by atoms with Crippen LogP contribution in [0.1, 0.15) is 36.2 Å². The van der Waals surface area contributed by atoms with E-state index in [4.69, 9.17) is 14.7 Å². The van der Waals surface area contributed by atoms with E-state index in [1.165, 1.54) is 6.42 Å². The van der Waals surface area contributed by atoms with Gasteiger partial charge in [0.15, 0.2) is 0 Å². The standard InChI is InChI=1S/C34H35N7O3/c1-39-14-4-6-25(39)20-44-34-36-31-16-22(29-17-26(42)15-21-5-2-3-7-27(21)29)8-11-28(31)32(37-34)41-23-9-10-24(41)19-40(18-23)33(43)30-12-13-35-38-30/h2-3,5,7-8,11-13,15-17,23-25,42H,4,6,9-10,14,18-20H2,1H3,(H,35,38)/t23-,24+,25-/m0/s1. The lowest BCUT2D eigenvalue weighted by molar-refractivity contribution is 0.0711. The van der Waals surface area contributed by atoms with Crippen molar-refractivity contribution in [3.63, 3.8) is 0 Å². The molecule has 3 aliphatic heterocycles. The molecule has 5 heterocycles. The predicted octanol–water partition coefficient (Wildman–Crippen LogP) is 4.85. The molecular formula is C34H35N7O3. The van der Waals surface area contributed by atoms with E-state index in [1.54, 1.807) is 18.3 Å². The Kier molecular flexibility index (Phi) is 6.59. The van der Waals surface area contributed by atoms with Crippen molar-refractivity contribution in [1.29, 1.82) is 0 Å². The number of piperazine rings is 1. The molecule has 0 spiro atoms. The van der Waals surface area contributed by atoms with Crippen molar-refractivity contribution in [2.24, 2.45) is 0 Å². The average Bonchev–Trinajstić information content (AvgIpc) is 3.78. The van der Waals surface area contributed by atoms with Gasteiger partial charge >= 0.3 is 6.01 Å². The van der Waals surface area contributed by atoms with Crippen molar-refractivity contribution in [3.8, 4) is 22.9 Å². The number of aromatic hydroxyl groups is 1. The zero-order valence-electron chi connectivity index (χ0n) is 24.7. The van der Waals surface area contributed by atoms with Crippen molar-refractivity contribution in [2.45, 2.75) is 43.8 Å². The maximum absolute atomic E-state index is 13.2. The Bertz CT molecular complexity index is 1850. The van der Waals surface area contributed by atoms with Crippen LogP contribution in [0.4, 0.5) is 5.82 Å². The van der Waals surface area contributed by atoms with E-state index in [0.717, 1.165) is 64.4 Å². The Morgan fingerprint density at radius 2 is 1.84 bits per heavy atom. The average molecular weight is 590 g/mol. The van der Waals surface area contributed by atoms with Crippen LogP contribution in [-0.2, 0) is 0 Å². The molecule has 10 heteroatoms. The lowest BCUT2D eigenvalue weighted by atomic mass is 9.97. The summed E-state index contributed by atoms with van der Waals surface area (Å²) in [7, 11) is 2.14. The summed E-state index contributed by atoms with van der Waals surface area (Å²) in [5.41, 5.74) is 3.16. The fourth-order valence-electron chi connectivity index (χ4n) is 7.37. The third-order valence-electron chi connectivity index (χ3n) is 9.62. The number of carbonyl (C=O) groups excluding carboxylic acids is 1. The van der Waals surface area contributed by atoms with Crippen LogP contribution in [0.15, 0.2) is 66.9 Å². The molecule has 10 nitrogen and oxygen atoms in total. The Labute approximate surface area is 255 Å².